The molecule has 0 aliphatic heterocycles. The highest BCUT2D eigenvalue weighted by Crippen LogP contribution is 2.15. The molecule has 1 aromatic heterocycles. The van der Waals surface area contributed by atoms with Crippen LogP contribution < -0.4 is 15.6 Å². The van der Waals surface area contributed by atoms with Crippen LogP contribution in [-0.2, 0) is 4.84 Å². The zero-order valence-electron chi connectivity index (χ0n) is 12.2. The average Bonchev–Trinajstić information content (AvgIpc) is 2.48. The van der Waals surface area contributed by atoms with Gasteiger partial charge in [-0.3, -0.25) is 14.4 Å². The van der Waals surface area contributed by atoms with Crippen molar-refractivity contribution in [3.05, 3.63) is 51.7 Å². The molecule has 0 radical (unpaired) electrons. The minimum Gasteiger partial charge on any atom is -0.491 e. The monoisotopic (exact) mass is 307 g/mol. The van der Waals surface area contributed by atoms with Crippen molar-refractivity contribution in [2.24, 2.45) is 0 Å². The molecule has 22 heavy (non-hydrogen) atoms. The number of hydroxylamine groups is 1. The van der Waals surface area contributed by atoms with E-state index in [9.17, 15) is 14.0 Å². The van der Waals surface area contributed by atoms with Crippen molar-refractivity contribution in [2.45, 2.75) is 6.92 Å². The van der Waals surface area contributed by atoms with Gasteiger partial charge in [-0.25, -0.2) is 14.6 Å². The first kappa shape index (κ1) is 15.6. The van der Waals surface area contributed by atoms with Gasteiger partial charge in [-0.1, -0.05) is 6.07 Å². The third-order valence-electron chi connectivity index (χ3n) is 2.87. The van der Waals surface area contributed by atoms with E-state index >= 15 is 0 Å². The predicted molar refractivity (Wildman–Crippen MR) is 75.6 cm³/mol. The van der Waals surface area contributed by atoms with Crippen molar-refractivity contribution in [3.63, 3.8) is 0 Å². The summed E-state index contributed by atoms with van der Waals surface area (Å²) in [5.74, 6) is -1.54. The number of carbonyl (C=O) groups is 1. The van der Waals surface area contributed by atoms with Crippen LogP contribution in [0.4, 0.5) is 4.39 Å². The van der Waals surface area contributed by atoms with Crippen LogP contribution in [0.2, 0.25) is 0 Å². The number of nitrogens with zero attached hydrogens (tertiary/aromatic N) is 2. The van der Waals surface area contributed by atoms with Crippen molar-refractivity contribution in [3.8, 4) is 11.4 Å². The third-order valence-corrected chi connectivity index (χ3v) is 2.87. The van der Waals surface area contributed by atoms with Crippen molar-refractivity contribution in [1.29, 1.82) is 0 Å². The predicted octanol–water partition coefficient (Wildman–Crippen LogP) is 0.980. The van der Waals surface area contributed by atoms with Crippen molar-refractivity contribution >= 4 is 5.91 Å². The second-order valence-electron chi connectivity index (χ2n) is 4.41. The zero-order valence-corrected chi connectivity index (χ0v) is 12.2. The molecule has 116 valence electrons. The Balaban J connectivity index is 2.64. The molecular formula is C14H14FN3O4. The molecule has 1 N–H and O–H groups in total. The van der Waals surface area contributed by atoms with Gasteiger partial charge in [0.25, 0.3) is 11.3 Å². The van der Waals surface area contributed by atoms with Crippen LogP contribution in [0.15, 0.2) is 29.2 Å². The van der Waals surface area contributed by atoms with Gasteiger partial charge in [-0.15, -0.1) is 0 Å². The summed E-state index contributed by atoms with van der Waals surface area (Å²) in [5, 5.41) is 3.85. The molecule has 1 aromatic carbocycles. The highest BCUT2D eigenvalue weighted by atomic mass is 19.1. The quantitative estimate of drug-likeness (QED) is 0.851. The normalized spacial score (nSPS) is 10.4. The molecule has 0 saturated heterocycles. The number of rotatable bonds is 4. The van der Waals surface area contributed by atoms with Crippen LogP contribution in [0.3, 0.4) is 0 Å². The minimum atomic E-state index is -0.854. The van der Waals surface area contributed by atoms with Gasteiger partial charge in [-0.2, -0.15) is 5.10 Å². The fourth-order valence-corrected chi connectivity index (χ4v) is 1.82. The van der Waals surface area contributed by atoms with Crippen molar-refractivity contribution in [2.75, 3.05) is 14.2 Å². The highest BCUT2D eigenvalue weighted by molar-refractivity contribution is 5.91. The van der Waals surface area contributed by atoms with E-state index in [0.717, 1.165) is 10.2 Å². The van der Waals surface area contributed by atoms with Gasteiger partial charge < -0.3 is 4.74 Å². The smallest absolute Gasteiger partial charge is 0.299 e. The lowest BCUT2D eigenvalue weighted by molar-refractivity contribution is 0.0529. The lowest BCUT2D eigenvalue weighted by atomic mass is 10.2. The molecule has 7 nitrogen and oxygen atoms in total. The number of carbonyl (C=O) groups excluding carboxylic acids is 1. The summed E-state index contributed by atoms with van der Waals surface area (Å²) in [7, 11) is 2.49. The molecular weight excluding hydrogens is 293 g/mol. The van der Waals surface area contributed by atoms with E-state index in [-0.39, 0.29) is 11.4 Å². The van der Waals surface area contributed by atoms with Crippen LogP contribution in [0.1, 0.15) is 16.1 Å². The largest absolute Gasteiger partial charge is 0.491 e. The second kappa shape index (κ2) is 6.35. The summed E-state index contributed by atoms with van der Waals surface area (Å²) in [6.45, 7) is 1.74. The van der Waals surface area contributed by atoms with E-state index in [1.54, 1.807) is 13.0 Å². The Bertz CT molecular complexity index is 773. The van der Waals surface area contributed by atoms with Gasteiger partial charge in [0.2, 0.25) is 5.69 Å². The summed E-state index contributed by atoms with van der Waals surface area (Å²) in [5.41, 5.74) is 1.61. The molecule has 2 aromatic rings. The first-order chi connectivity index (χ1) is 10.5. The summed E-state index contributed by atoms with van der Waals surface area (Å²) in [6.07, 6.45) is 1.21. The number of benzene rings is 1. The molecule has 0 spiro atoms. The topological polar surface area (TPSA) is 82.4 Å². The van der Waals surface area contributed by atoms with Gasteiger partial charge in [0, 0.05) is 0 Å². The molecule has 0 atom stereocenters. The maximum absolute atomic E-state index is 14.0. The second-order valence-corrected chi connectivity index (χ2v) is 4.41. The van der Waals surface area contributed by atoms with Crippen LogP contribution in [0.25, 0.3) is 5.69 Å². The Morgan fingerprint density at radius 3 is 2.68 bits per heavy atom. The number of ether oxygens (including phenoxy) is 1. The molecule has 0 aliphatic rings. The molecule has 1 amide bonds. The Labute approximate surface area is 125 Å². The maximum atomic E-state index is 14.0. The lowest BCUT2D eigenvalue weighted by Gasteiger charge is -2.11. The number of hydrogen-bond acceptors (Lipinski definition) is 5. The van der Waals surface area contributed by atoms with Crippen molar-refractivity contribution < 1.29 is 18.8 Å². The van der Waals surface area contributed by atoms with Crippen molar-refractivity contribution in [1.82, 2.24) is 15.3 Å². The van der Waals surface area contributed by atoms with Crippen LogP contribution in [-0.4, -0.2) is 29.9 Å². The molecule has 0 saturated carbocycles. The SMILES string of the molecule is CONC(=O)c1nn(-c2ccc(C)cc2F)cc(OC)c1=O. The van der Waals surface area contributed by atoms with E-state index in [1.807, 2.05) is 5.48 Å². The summed E-state index contributed by atoms with van der Waals surface area (Å²) in [4.78, 5) is 28.3. The molecule has 0 fully saturated rings. The first-order valence-electron chi connectivity index (χ1n) is 6.25. The third kappa shape index (κ3) is 2.96. The lowest BCUT2D eigenvalue weighted by Crippen LogP contribution is -2.31. The molecule has 0 unspecified atom stereocenters. The van der Waals surface area contributed by atoms with Crippen LogP contribution in [0.5, 0.6) is 5.75 Å². The van der Waals surface area contributed by atoms with E-state index in [4.69, 9.17) is 4.74 Å². The number of hydrogen-bond donors (Lipinski definition) is 1. The summed E-state index contributed by atoms with van der Waals surface area (Å²) in [6, 6.07) is 4.48. The zero-order chi connectivity index (χ0) is 16.3. The van der Waals surface area contributed by atoms with E-state index < -0.39 is 22.8 Å². The molecule has 0 bridgehead atoms. The minimum absolute atomic E-state index is 0.0790. The molecule has 0 aliphatic carbocycles. The molecule has 2 rings (SSSR count). The fraction of sp³-hybridized carbons (Fsp3) is 0.214. The Kier molecular flexibility index (Phi) is 4.52. The van der Waals surface area contributed by atoms with Gasteiger partial charge in [0.1, 0.15) is 11.5 Å². The van der Waals surface area contributed by atoms with Gasteiger partial charge in [0.15, 0.2) is 5.75 Å². The Morgan fingerprint density at radius 2 is 2.09 bits per heavy atom. The number of methoxy groups -OCH3 is 1. The van der Waals surface area contributed by atoms with Crippen LogP contribution >= 0.6 is 0 Å². The first-order valence-corrected chi connectivity index (χ1v) is 6.25. The van der Waals surface area contributed by atoms with E-state index in [0.29, 0.717) is 0 Å². The molecule has 1 heterocycles. The highest BCUT2D eigenvalue weighted by Gasteiger charge is 2.19. The molecule has 8 heteroatoms. The maximum Gasteiger partial charge on any atom is 0.299 e. The standard InChI is InChI=1S/C14H14FN3O4/c1-8-4-5-10(9(15)6-8)18-7-11(21-2)13(19)12(16-18)14(20)17-22-3/h4-7H,1-3H3,(H,17,20). The van der Waals surface area contributed by atoms with Gasteiger partial charge in [-0.05, 0) is 24.6 Å². The number of nitrogens with one attached hydrogen (secondary N) is 1. The fourth-order valence-electron chi connectivity index (χ4n) is 1.82. The van der Waals surface area contributed by atoms with E-state index in [2.05, 4.69) is 9.94 Å². The van der Waals surface area contributed by atoms with Crippen LogP contribution in [0, 0.1) is 12.7 Å². The number of aryl methyl sites for hydroxylation is 1. The summed E-state index contributed by atoms with van der Waals surface area (Å²) >= 11 is 0. The van der Waals surface area contributed by atoms with Gasteiger partial charge in [0.05, 0.1) is 20.4 Å². The average molecular weight is 307 g/mol. The Hall–Kier alpha value is -2.74. The number of amides is 1. The Morgan fingerprint density at radius 1 is 1.36 bits per heavy atom. The summed E-state index contributed by atoms with van der Waals surface area (Å²) < 4.78 is 20.0. The van der Waals surface area contributed by atoms with E-state index in [1.165, 1.54) is 32.5 Å². The number of halogens is 1. The number of aromatic nitrogens is 2. The van der Waals surface area contributed by atoms with Gasteiger partial charge >= 0.3 is 0 Å².